The number of phenolic OH excluding ortho intramolecular Hbond substituents is 1. The van der Waals surface area contributed by atoms with E-state index in [1.807, 2.05) is 0 Å². The van der Waals surface area contributed by atoms with Crippen LogP contribution in [0.3, 0.4) is 0 Å². The van der Waals surface area contributed by atoms with Gasteiger partial charge in [-0.1, -0.05) is 24.8 Å². The third kappa shape index (κ3) is 3.36. The Labute approximate surface area is 146 Å². The van der Waals surface area contributed by atoms with Crippen LogP contribution < -0.4 is 4.90 Å². The first-order valence-electron chi connectivity index (χ1n) is 7.70. The maximum Gasteiger partial charge on any atom is 0.225 e. The average molecular weight is 343 g/mol. The minimum atomic E-state index is 0.164. The van der Waals surface area contributed by atoms with Crippen molar-refractivity contribution in [3.63, 3.8) is 0 Å². The molecule has 5 nitrogen and oxygen atoms in total. The number of aromatic hydroxyl groups is 1. The molecule has 0 saturated carbocycles. The number of anilines is 1. The molecule has 0 spiro atoms. The molecular weight excluding hydrogens is 324 g/mol. The summed E-state index contributed by atoms with van der Waals surface area (Å²) in [5.74, 6) is 0.857. The maximum atomic E-state index is 9.62. The van der Waals surface area contributed by atoms with Gasteiger partial charge in [-0.3, -0.25) is 0 Å². The Balaban J connectivity index is 1.73. The van der Waals surface area contributed by atoms with Gasteiger partial charge in [0.05, 0.1) is 0 Å². The van der Waals surface area contributed by atoms with Crippen LogP contribution >= 0.6 is 11.6 Å². The zero-order valence-electron chi connectivity index (χ0n) is 13.3. The van der Waals surface area contributed by atoms with E-state index in [4.69, 9.17) is 11.6 Å². The van der Waals surface area contributed by atoms with Gasteiger partial charge in [0.25, 0.3) is 0 Å². The zero-order valence-corrected chi connectivity index (χ0v) is 14.1. The van der Waals surface area contributed by atoms with E-state index in [9.17, 15) is 5.11 Å². The van der Waals surface area contributed by atoms with E-state index in [1.165, 1.54) is 0 Å². The van der Waals surface area contributed by atoms with Gasteiger partial charge < -0.3 is 14.9 Å². The Morgan fingerprint density at radius 1 is 1.17 bits per heavy atom. The van der Waals surface area contributed by atoms with Gasteiger partial charge in [0, 0.05) is 60.4 Å². The summed E-state index contributed by atoms with van der Waals surface area (Å²) < 4.78 is 0. The Bertz CT molecular complexity index is 752. The van der Waals surface area contributed by atoms with Crippen LogP contribution in [0.1, 0.15) is 0 Å². The Hall–Kier alpha value is -2.53. The molecule has 2 heterocycles. The Kier molecular flexibility index (Phi) is 4.71. The number of phenols is 1. The van der Waals surface area contributed by atoms with E-state index in [0.717, 1.165) is 43.0 Å². The smallest absolute Gasteiger partial charge is 0.225 e. The lowest BCUT2D eigenvalue weighted by Crippen LogP contribution is -2.46. The average Bonchev–Trinajstić information content (AvgIpc) is 2.63. The van der Waals surface area contributed by atoms with Crippen LogP contribution in [0.5, 0.6) is 5.75 Å². The van der Waals surface area contributed by atoms with E-state index in [2.05, 4.69) is 32.9 Å². The third-order valence-electron chi connectivity index (χ3n) is 4.10. The highest BCUT2D eigenvalue weighted by Gasteiger charge is 2.19. The minimum Gasteiger partial charge on any atom is -0.508 e. The molecule has 1 fully saturated rings. The number of hydrogen-bond acceptors (Lipinski definition) is 5. The lowest BCUT2D eigenvalue weighted by Gasteiger charge is -2.36. The number of halogens is 1. The molecule has 0 aliphatic carbocycles. The molecule has 3 rings (SSSR count). The molecule has 124 valence electrons. The summed E-state index contributed by atoms with van der Waals surface area (Å²) in [6.45, 7) is 11.1. The summed E-state index contributed by atoms with van der Waals surface area (Å²) in [7, 11) is 0. The first-order chi connectivity index (χ1) is 11.6. The molecule has 24 heavy (non-hydrogen) atoms. The highest BCUT2D eigenvalue weighted by molar-refractivity contribution is 6.33. The SMILES string of the molecule is C=CC(=C)N1CCN(c2ncc(-c3cc(O)ccc3Cl)cn2)CC1. The molecular formula is C18H19ClN4O. The predicted octanol–water partition coefficient (Wildman–Crippen LogP) is 3.32. The lowest BCUT2D eigenvalue weighted by molar-refractivity contribution is 0.330. The van der Waals surface area contributed by atoms with Crippen LogP contribution in [-0.2, 0) is 0 Å². The zero-order chi connectivity index (χ0) is 17.1. The first kappa shape index (κ1) is 16.3. The standard InChI is InChI=1S/C18H19ClN4O/c1-3-13(2)22-6-8-23(9-7-22)18-20-11-14(12-21-18)16-10-15(24)4-5-17(16)19/h3-5,10-12,24H,1-2,6-9H2. The van der Waals surface area contributed by atoms with E-state index in [0.29, 0.717) is 11.0 Å². The molecule has 0 radical (unpaired) electrons. The normalized spacial score (nSPS) is 14.5. The summed E-state index contributed by atoms with van der Waals surface area (Å²) in [6.07, 6.45) is 5.25. The molecule has 0 unspecified atom stereocenters. The van der Waals surface area contributed by atoms with Crippen molar-refractivity contribution >= 4 is 17.5 Å². The first-order valence-corrected chi connectivity index (χ1v) is 8.08. The van der Waals surface area contributed by atoms with Crippen molar-refractivity contribution in [1.82, 2.24) is 14.9 Å². The van der Waals surface area contributed by atoms with Gasteiger partial charge in [0.2, 0.25) is 5.95 Å². The van der Waals surface area contributed by atoms with Gasteiger partial charge in [-0.05, 0) is 24.3 Å². The van der Waals surface area contributed by atoms with Gasteiger partial charge in [0.1, 0.15) is 5.75 Å². The highest BCUT2D eigenvalue weighted by atomic mass is 35.5. The number of allylic oxidation sites excluding steroid dienone is 1. The molecule has 6 heteroatoms. The lowest BCUT2D eigenvalue weighted by atomic mass is 10.1. The Morgan fingerprint density at radius 2 is 1.83 bits per heavy atom. The van der Waals surface area contributed by atoms with Crippen molar-refractivity contribution in [3.05, 3.63) is 60.5 Å². The molecule has 0 atom stereocenters. The van der Waals surface area contributed by atoms with Gasteiger partial charge in [-0.25, -0.2) is 9.97 Å². The van der Waals surface area contributed by atoms with Crippen LogP contribution in [0, 0.1) is 0 Å². The fourth-order valence-electron chi connectivity index (χ4n) is 2.68. The summed E-state index contributed by atoms with van der Waals surface area (Å²) in [5, 5.41) is 10.2. The maximum absolute atomic E-state index is 9.62. The number of piperazine rings is 1. The van der Waals surface area contributed by atoms with Crippen LogP contribution in [0.2, 0.25) is 5.02 Å². The molecule has 1 N–H and O–H groups in total. The number of nitrogens with zero attached hydrogens (tertiary/aromatic N) is 4. The second kappa shape index (κ2) is 6.93. The van der Waals surface area contributed by atoms with Crippen LogP contribution in [0.4, 0.5) is 5.95 Å². The van der Waals surface area contributed by atoms with E-state index in [-0.39, 0.29) is 5.75 Å². The van der Waals surface area contributed by atoms with Crippen LogP contribution in [0.15, 0.2) is 55.5 Å². The summed E-state index contributed by atoms with van der Waals surface area (Å²) in [6, 6.07) is 4.82. The molecule has 2 aromatic rings. The third-order valence-corrected chi connectivity index (χ3v) is 4.43. The molecule has 1 aliphatic rings. The number of aromatic nitrogens is 2. The largest absolute Gasteiger partial charge is 0.508 e. The van der Waals surface area contributed by atoms with Crippen molar-refractivity contribution in [1.29, 1.82) is 0 Å². The quantitative estimate of drug-likeness (QED) is 0.864. The van der Waals surface area contributed by atoms with E-state index >= 15 is 0 Å². The molecule has 0 bridgehead atoms. The predicted molar refractivity (Wildman–Crippen MR) is 97.3 cm³/mol. The second-order valence-electron chi connectivity index (χ2n) is 5.61. The van der Waals surface area contributed by atoms with Gasteiger partial charge in [-0.2, -0.15) is 0 Å². The molecule has 1 aromatic carbocycles. The van der Waals surface area contributed by atoms with Crippen molar-refractivity contribution in [2.75, 3.05) is 31.1 Å². The van der Waals surface area contributed by atoms with E-state index < -0.39 is 0 Å². The second-order valence-corrected chi connectivity index (χ2v) is 6.01. The highest BCUT2D eigenvalue weighted by Crippen LogP contribution is 2.30. The van der Waals surface area contributed by atoms with Crippen LogP contribution in [0.25, 0.3) is 11.1 Å². The molecule has 1 aliphatic heterocycles. The Morgan fingerprint density at radius 3 is 2.46 bits per heavy atom. The van der Waals surface area contributed by atoms with Gasteiger partial charge in [0.15, 0.2) is 0 Å². The van der Waals surface area contributed by atoms with Crippen molar-refractivity contribution < 1.29 is 5.11 Å². The fourth-order valence-corrected chi connectivity index (χ4v) is 2.91. The topological polar surface area (TPSA) is 52.5 Å². The van der Waals surface area contributed by atoms with Gasteiger partial charge >= 0.3 is 0 Å². The summed E-state index contributed by atoms with van der Waals surface area (Å²) in [5.41, 5.74) is 2.44. The molecule has 1 saturated heterocycles. The monoisotopic (exact) mass is 342 g/mol. The number of benzene rings is 1. The summed E-state index contributed by atoms with van der Waals surface area (Å²) in [4.78, 5) is 13.2. The summed E-state index contributed by atoms with van der Waals surface area (Å²) >= 11 is 6.18. The number of rotatable bonds is 4. The van der Waals surface area contributed by atoms with Crippen molar-refractivity contribution in [3.8, 4) is 16.9 Å². The molecule has 0 amide bonds. The van der Waals surface area contributed by atoms with Crippen LogP contribution in [-0.4, -0.2) is 46.2 Å². The van der Waals surface area contributed by atoms with Gasteiger partial charge in [-0.15, -0.1) is 0 Å². The van der Waals surface area contributed by atoms with Crippen molar-refractivity contribution in [2.45, 2.75) is 0 Å². The minimum absolute atomic E-state index is 0.164. The van der Waals surface area contributed by atoms with Crippen molar-refractivity contribution in [2.24, 2.45) is 0 Å². The fraction of sp³-hybridized carbons (Fsp3) is 0.222. The number of hydrogen-bond donors (Lipinski definition) is 1. The van der Waals surface area contributed by atoms with E-state index in [1.54, 1.807) is 36.7 Å². The molecule has 1 aromatic heterocycles.